The molecule has 1 saturated carbocycles. The molecule has 4 nitrogen and oxygen atoms in total. The molecule has 2 atom stereocenters. The van der Waals surface area contributed by atoms with Crippen LogP contribution in [0.2, 0.25) is 0 Å². The van der Waals surface area contributed by atoms with Crippen molar-refractivity contribution < 1.29 is 9.78 Å². The Kier molecular flexibility index (Phi) is 5.33. The van der Waals surface area contributed by atoms with Crippen molar-refractivity contribution in [3.63, 3.8) is 0 Å². The molecule has 0 spiro atoms. The molecule has 1 fully saturated rings. The zero-order chi connectivity index (χ0) is 17.6. The van der Waals surface area contributed by atoms with Gasteiger partial charge in [-0.15, -0.1) is 0 Å². The van der Waals surface area contributed by atoms with E-state index in [-0.39, 0.29) is 6.10 Å². The molecule has 2 aromatic carbocycles. The molecule has 1 aliphatic carbocycles. The molecular weight excluding hydrogens is 312 g/mol. The van der Waals surface area contributed by atoms with Gasteiger partial charge in [0.05, 0.1) is 23.3 Å². The Balaban J connectivity index is 1.75. The van der Waals surface area contributed by atoms with Gasteiger partial charge in [0.15, 0.2) is 5.75 Å². The number of hydrogen-bond donors (Lipinski definition) is 0. The van der Waals surface area contributed by atoms with E-state index in [0.717, 1.165) is 5.56 Å². The first kappa shape index (κ1) is 17.0. The summed E-state index contributed by atoms with van der Waals surface area (Å²) < 4.78 is 0. The molecule has 0 heterocycles. The van der Waals surface area contributed by atoms with Crippen molar-refractivity contribution in [2.75, 3.05) is 0 Å². The summed E-state index contributed by atoms with van der Waals surface area (Å²) in [5.74, 6) is 1.52. The molecule has 0 amide bonds. The van der Waals surface area contributed by atoms with Crippen LogP contribution in [-0.2, 0) is 4.89 Å². The Morgan fingerprint density at radius 2 is 1.48 bits per heavy atom. The third-order valence-electron chi connectivity index (χ3n) is 4.97. The van der Waals surface area contributed by atoms with Gasteiger partial charge in [-0.3, -0.25) is 0 Å². The van der Waals surface area contributed by atoms with Gasteiger partial charge in [-0.1, -0.05) is 38.3 Å². The maximum Gasteiger partial charge on any atom is 0.165 e. The number of benzene rings is 2. The highest BCUT2D eigenvalue weighted by atomic mass is 17.2. The van der Waals surface area contributed by atoms with Crippen molar-refractivity contribution >= 4 is 0 Å². The lowest BCUT2D eigenvalue weighted by atomic mass is 9.73. The van der Waals surface area contributed by atoms with Crippen LogP contribution >= 0.6 is 0 Å². The highest BCUT2D eigenvalue weighted by Gasteiger charge is 2.32. The molecule has 2 unspecified atom stereocenters. The Labute approximate surface area is 148 Å². The third kappa shape index (κ3) is 3.99. The van der Waals surface area contributed by atoms with Crippen LogP contribution in [0.25, 0.3) is 0 Å². The standard InChI is InChI=1S/C21H20N2O2/c1-15(18-3-2-4-18)21(19-9-5-16(13-22)6-10-19)25-24-20-11-7-17(14-23)8-12-20/h5-12,15,18,21H,2-4H2,1H3. The Morgan fingerprint density at radius 3 is 1.96 bits per heavy atom. The predicted octanol–water partition coefficient (Wildman–Crippen LogP) is 4.92. The average Bonchev–Trinajstić information content (AvgIpc) is 2.61. The van der Waals surface area contributed by atoms with E-state index in [1.807, 2.05) is 12.1 Å². The number of nitriles is 2. The van der Waals surface area contributed by atoms with Gasteiger partial charge in [-0.2, -0.15) is 15.4 Å². The topological polar surface area (TPSA) is 66.0 Å². The van der Waals surface area contributed by atoms with Gasteiger partial charge in [0.25, 0.3) is 0 Å². The number of rotatable bonds is 6. The molecule has 0 aliphatic heterocycles. The highest BCUT2D eigenvalue weighted by Crippen LogP contribution is 2.41. The summed E-state index contributed by atoms with van der Waals surface area (Å²) in [5, 5.41) is 17.8. The summed E-state index contributed by atoms with van der Waals surface area (Å²) in [6.45, 7) is 2.19. The first-order valence-electron chi connectivity index (χ1n) is 8.55. The van der Waals surface area contributed by atoms with E-state index in [4.69, 9.17) is 20.3 Å². The van der Waals surface area contributed by atoms with Gasteiger partial charge in [-0.05, 0) is 53.8 Å². The summed E-state index contributed by atoms with van der Waals surface area (Å²) >= 11 is 0. The van der Waals surface area contributed by atoms with Gasteiger partial charge in [-0.25, -0.2) is 0 Å². The average molecular weight is 332 g/mol. The summed E-state index contributed by atoms with van der Waals surface area (Å²) in [7, 11) is 0. The van der Waals surface area contributed by atoms with Crippen LogP contribution in [0.15, 0.2) is 48.5 Å². The second-order valence-corrected chi connectivity index (χ2v) is 6.52. The lowest BCUT2D eigenvalue weighted by Gasteiger charge is -2.35. The zero-order valence-corrected chi connectivity index (χ0v) is 14.2. The van der Waals surface area contributed by atoms with Crippen LogP contribution in [-0.4, -0.2) is 0 Å². The monoisotopic (exact) mass is 332 g/mol. The van der Waals surface area contributed by atoms with Crippen molar-refractivity contribution in [3.05, 3.63) is 65.2 Å². The fourth-order valence-electron chi connectivity index (χ4n) is 3.10. The molecular formula is C21H20N2O2. The quantitative estimate of drug-likeness (QED) is 0.556. The molecule has 3 rings (SSSR count). The smallest absolute Gasteiger partial charge is 0.165 e. The van der Waals surface area contributed by atoms with Gasteiger partial charge < -0.3 is 4.89 Å². The van der Waals surface area contributed by atoms with Crippen molar-refractivity contribution in [1.29, 1.82) is 10.5 Å². The van der Waals surface area contributed by atoms with Gasteiger partial charge in [0.1, 0.15) is 6.10 Å². The van der Waals surface area contributed by atoms with E-state index < -0.39 is 0 Å². The fraction of sp³-hybridized carbons (Fsp3) is 0.333. The second-order valence-electron chi connectivity index (χ2n) is 6.52. The van der Waals surface area contributed by atoms with E-state index in [9.17, 15) is 0 Å². The molecule has 126 valence electrons. The molecule has 0 saturated heterocycles. The lowest BCUT2D eigenvalue weighted by Crippen LogP contribution is -2.27. The molecule has 1 aliphatic rings. The van der Waals surface area contributed by atoms with Crippen molar-refractivity contribution in [2.24, 2.45) is 11.8 Å². The zero-order valence-electron chi connectivity index (χ0n) is 14.2. The SMILES string of the molecule is CC(C1CCC1)C(OOc1ccc(C#N)cc1)c1ccc(C#N)cc1. The summed E-state index contributed by atoms with van der Waals surface area (Å²) in [6.07, 6.45) is 3.50. The third-order valence-corrected chi connectivity index (χ3v) is 4.97. The lowest BCUT2D eigenvalue weighted by molar-refractivity contribution is -0.266. The largest absolute Gasteiger partial charge is 0.337 e. The molecule has 0 radical (unpaired) electrons. The van der Waals surface area contributed by atoms with Crippen LogP contribution < -0.4 is 4.89 Å². The van der Waals surface area contributed by atoms with Crippen LogP contribution in [0.1, 0.15) is 49.0 Å². The van der Waals surface area contributed by atoms with Crippen LogP contribution in [0.3, 0.4) is 0 Å². The number of hydrogen-bond acceptors (Lipinski definition) is 4. The second kappa shape index (κ2) is 7.83. The highest BCUT2D eigenvalue weighted by molar-refractivity contribution is 5.34. The van der Waals surface area contributed by atoms with Gasteiger partial charge >= 0.3 is 0 Å². The molecule has 0 bridgehead atoms. The maximum atomic E-state index is 8.98. The molecule has 4 heteroatoms. The predicted molar refractivity (Wildman–Crippen MR) is 93.3 cm³/mol. The fourth-order valence-corrected chi connectivity index (χ4v) is 3.10. The summed E-state index contributed by atoms with van der Waals surface area (Å²) in [4.78, 5) is 11.4. The van der Waals surface area contributed by atoms with Gasteiger partial charge in [0, 0.05) is 0 Å². The van der Waals surface area contributed by atoms with Crippen molar-refractivity contribution in [2.45, 2.75) is 32.3 Å². The van der Waals surface area contributed by atoms with E-state index in [2.05, 4.69) is 19.1 Å². The Hall–Kier alpha value is -2.82. The van der Waals surface area contributed by atoms with Crippen LogP contribution in [0, 0.1) is 34.5 Å². The molecule has 25 heavy (non-hydrogen) atoms. The van der Waals surface area contributed by atoms with E-state index in [1.54, 1.807) is 36.4 Å². The number of nitrogens with zero attached hydrogens (tertiary/aromatic N) is 2. The van der Waals surface area contributed by atoms with Crippen LogP contribution in [0.4, 0.5) is 0 Å². The van der Waals surface area contributed by atoms with E-state index in [1.165, 1.54) is 19.3 Å². The summed E-state index contributed by atoms with van der Waals surface area (Å²) in [5.41, 5.74) is 2.22. The van der Waals surface area contributed by atoms with Crippen molar-refractivity contribution in [3.8, 4) is 17.9 Å². The first-order valence-corrected chi connectivity index (χ1v) is 8.55. The van der Waals surface area contributed by atoms with Crippen LogP contribution in [0.5, 0.6) is 5.75 Å². The molecule has 0 aromatic heterocycles. The van der Waals surface area contributed by atoms with E-state index >= 15 is 0 Å². The van der Waals surface area contributed by atoms with E-state index in [0.29, 0.717) is 28.7 Å². The Morgan fingerprint density at radius 1 is 0.920 bits per heavy atom. The normalized spacial score (nSPS) is 16.1. The Bertz CT molecular complexity index is 781. The molecule has 0 N–H and O–H groups in total. The van der Waals surface area contributed by atoms with Gasteiger partial charge in [0.2, 0.25) is 0 Å². The minimum absolute atomic E-state index is 0.200. The summed E-state index contributed by atoms with van der Waals surface area (Å²) in [6, 6.07) is 18.5. The first-order chi connectivity index (χ1) is 12.2. The maximum absolute atomic E-state index is 8.98. The van der Waals surface area contributed by atoms with Crippen molar-refractivity contribution in [1.82, 2.24) is 0 Å². The minimum Gasteiger partial charge on any atom is -0.337 e. The minimum atomic E-state index is -0.200. The molecule has 2 aromatic rings.